The van der Waals surface area contributed by atoms with Gasteiger partial charge in [0.15, 0.2) is 0 Å². The summed E-state index contributed by atoms with van der Waals surface area (Å²) in [5, 5.41) is 21.6. The van der Waals surface area contributed by atoms with E-state index >= 15 is 0 Å². The van der Waals surface area contributed by atoms with Crippen LogP contribution in [0.1, 0.15) is 40.0 Å². The molecule has 2 atom stereocenters. The highest BCUT2D eigenvalue weighted by molar-refractivity contribution is 5.66. The van der Waals surface area contributed by atoms with Gasteiger partial charge >= 0.3 is 5.97 Å². The molecule has 0 saturated carbocycles. The number of carbonyl (C=O) groups is 1. The Morgan fingerprint density at radius 1 is 1.29 bits per heavy atom. The van der Waals surface area contributed by atoms with Gasteiger partial charge in [-0.25, -0.2) is 0 Å². The van der Waals surface area contributed by atoms with Crippen molar-refractivity contribution in [2.24, 2.45) is 5.41 Å². The lowest BCUT2D eigenvalue weighted by Gasteiger charge is -2.24. The van der Waals surface area contributed by atoms with Gasteiger partial charge in [-0.15, -0.1) is 0 Å². The zero-order valence-electron chi connectivity index (χ0n) is 13.7. The molecule has 0 aliphatic rings. The normalized spacial score (nSPS) is 14.9. The first-order valence-corrected chi connectivity index (χ1v) is 7.48. The number of nitrogens with one attached hydrogen (secondary N) is 1. The van der Waals surface area contributed by atoms with Crippen molar-refractivity contribution in [3.8, 4) is 0 Å². The van der Waals surface area contributed by atoms with Crippen LogP contribution in [0.3, 0.4) is 0 Å². The Morgan fingerprint density at radius 2 is 1.95 bits per heavy atom. The van der Waals surface area contributed by atoms with Crippen LogP contribution >= 0.6 is 0 Å². The molecular formula is C15H31NO5. The van der Waals surface area contributed by atoms with E-state index in [2.05, 4.69) is 19.2 Å². The van der Waals surface area contributed by atoms with E-state index in [0.29, 0.717) is 19.6 Å². The largest absolute Gasteiger partial charge is 0.481 e. The molecule has 0 rings (SSSR count). The predicted molar refractivity (Wildman–Crippen MR) is 81.4 cm³/mol. The van der Waals surface area contributed by atoms with Crippen LogP contribution in [0.15, 0.2) is 0 Å². The average molecular weight is 305 g/mol. The minimum absolute atomic E-state index is 0.0141. The van der Waals surface area contributed by atoms with Crippen LogP contribution in [0.5, 0.6) is 0 Å². The third kappa shape index (κ3) is 12.7. The maximum absolute atomic E-state index is 10.6. The molecule has 0 fully saturated rings. The summed E-state index contributed by atoms with van der Waals surface area (Å²) >= 11 is 0. The lowest BCUT2D eigenvalue weighted by molar-refractivity contribution is -0.137. The number of hydrogen-bond donors (Lipinski definition) is 3. The van der Waals surface area contributed by atoms with Crippen LogP contribution in [0.4, 0.5) is 0 Å². The molecule has 0 amide bonds. The first kappa shape index (κ1) is 20.3. The van der Waals surface area contributed by atoms with Crippen LogP contribution in [0.25, 0.3) is 0 Å². The summed E-state index contributed by atoms with van der Waals surface area (Å²) in [6.07, 6.45) is 1.14. The van der Waals surface area contributed by atoms with Crippen LogP contribution in [-0.4, -0.2) is 61.8 Å². The van der Waals surface area contributed by atoms with Gasteiger partial charge in [-0.3, -0.25) is 4.79 Å². The molecule has 6 heteroatoms. The monoisotopic (exact) mass is 305 g/mol. The highest BCUT2D eigenvalue weighted by Crippen LogP contribution is 2.25. The van der Waals surface area contributed by atoms with Gasteiger partial charge in [0, 0.05) is 20.1 Å². The molecule has 0 aromatic rings. The van der Waals surface area contributed by atoms with Crippen molar-refractivity contribution >= 4 is 5.97 Å². The standard InChI is InChI=1S/C15H31NO5/c1-12(10-20-4)21-11-13(17)9-16-8-7-15(2,3)6-5-14(18)19/h12-13,16-17H,5-11H2,1-4H3,(H,18,19). The van der Waals surface area contributed by atoms with Crippen molar-refractivity contribution in [1.82, 2.24) is 5.32 Å². The minimum Gasteiger partial charge on any atom is -0.481 e. The van der Waals surface area contributed by atoms with Crippen LogP contribution in [0, 0.1) is 5.41 Å². The van der Waals surface area contributed by atoms with Gasteiger partial charge in [-0.05, 0) is 31.7 Å². The number of aliphatic hydroxyl groups is 1. The number of methoxy groups -OCH3 is 1. The van der Waals surface area contributed by atoms with Gasteiger partial charge in [-0.2, -0.15) is 0 Å². The molecular weight excluding hydrogens is 274 g/mol. The van der Waals surface area contributed by atoms with Crippen molar-refractivity contribution in [2.75, 3.05) is 33.4 Å². The molecule has 3 N–H and O–H groups in total. The van der Waals surface area contributed by atoms with Gasteiger partial charge < -0.3 is 25.0 Å². The van der Waals surface area contributed by atoms with E-state index in [1.54, 1.807) is 7.11 Å². The fraction of sp³-hybridized carbons (Fsp3) is 0.933. The maximum atomic E-state index is 10.6. The molecule has 6 nitrogen and oxygen atoms in total. The Kier molecular flexibility index (Phi) is 10.6. The van der Waals surface area contributed by atoms with E-state index in [1.807, 2.05) is 6.92 Å². The molecule has 2 unspecified atom stereocenters. The first-order chi connectivity index (χ1) is 9.76. The summed E-state index contributed by atoms with van der Waals surface area (Å²) in [5.74, 6) is -0.756. The molecule has 0 saturated heterocycles. The molecule has 0 aromatic carbocycles. The lowest BCUT2D eigenvalue weighted by Crippen LogP contribution is -2.34. The molecule has 0 aromatic heterocycles. The van der Waals surface area contributed by atoms with Crippen molar-refractivity contribution in [3.63, 3.8) is 0 Å². The molecule has 0 aliphatic carbocycles. The number of rotatable bonds is 13. The van der Waals surface area contributed by atoms with Crippen molar-refractivity contribution in [2.45, 2.75) is 52.2 Å². The second kappa shape index (κ2) is 11.0. The Labute approximate surface area is 127 Å². The van der Waals surface area contributed by atoms with Crippen LogP contribution in [0.2, 0.25) is 0 Å². The summed E-state index contributed by atoms with van der Waals surface area (Å²) in [6, 6.07) is 0. The van der Waals surface area contributed by atoms with E-state index in [0.717, 1.165) is 13.0 Å². The first-order valence-electron chi connectivity index (χ1n) is 7.48. The van der Waals surface area contributed by atoms with Crippen LogP contribution < -0.4 is 5.32 Å². The van der Waals surface area contributed by atoms with Gasteiger partial charge in [0.25, 0.3) is 0 Å². The van der Waals surface area contributed by atoms with Crippen molar-refractivity contribution in [3.05, 3.63) is 0 Å². The van der Waals surface area contributed by atoms with E-state index in [4.69, 9.17) is 14.6 Å². The SMILES string of the molecule is COCC(C)OCC(O)CNCCC(C)(C)CCC(=O)O. The highest BCUT2D eigenvalue weighted by Gasteiger charge is 2.18. The maximum Gasteiger partial charge on any atom is 0.303 e. The lowest BCUT2D eigenvalue weighted by atomic mass is 9.84. The van der Waals surface area contributed by atoms with E-state index in [9.17, 15) is 9.90 Å². The van der Waals surface area contributed by atoms with Crippen molar-refractivity contribution < 1.29 is 24.5 Å². The fourth-order valence-corrected chi connectivity index (χ4v) is 1.88. The number of ether oxygens (including phenoxy) is 2. The average Bonchev–Trinajstić information content (AvgIpc) is 2.40. The number of aliphatic hydroxyl groups excluding tert-OH is 1. The number of aliphatic carboxylic acids is 1. The molecule has 0 bridgehead atoms. The summed E-state index contributed by atoms with van der Waals surface area (Å²) in [7, 11) is 1.62. The number of carboxylic acid groups (broad SMARTS) is 1. The predicted octanol–water partition coefficient (Wildman–Crippen LogP) is 1.27. The van der Waals surface area contributed by atoms with Gasteiger partial charge in [0.05, 0.1) is 25.4 Å². The second-order valence-corrected chi connectivity index (χ2v) is 6.27. The van der Waals surface area contributed by atoms with E-state index in [1.165, 1.54) is 0 Å². The Balaban J connectivity index is 3.66. The third-order valence-electron chi connectivity index (χ3n) is 3.35. The highest BCUT2D eigenvalue weighted by atomic mass is 16.5. The minimum atomic E-state index is -0.756. The van der Waals surface area contributed by atoms with Gasteiger partial charge in [0.2, 0.25) is 0 Å². The van der Waals surface area contributed by atoms with E-state index in [-0.39, 0.29) is 24.5 Å². The zero-order valence-corrected chi connectivity index (χ0v) is 13.7. The summed E-state index contributed by atoms with van der Waals surface area (Å²) in [4.78, 5) is 10.6. The number of carboxylic acids is 1. The molecule has 0 heterocycles. The molecule has 0 aliphatic heterocycles. The zero-order chi connectivity index (χ0) is 16.3. The molecule has 21 heavy (non-hydrogen) atoms. The van der Waals surface area contributed by atoms with Crippen LogP contribution in [-0.2, 0) is 14.3 Å². The topological polar surface area (TPSA) is 88.0 Å². The third-order valence-corrected chi connectivity index (χ3v) is 3.35. The number of hydrogen-bond acceptors (Lipinski definition) is 5. The Hall–Kier alpha value is -0.690. The smallest absolute Gasteiger partial charge is 0.303 e. The fourth-order valence-electron chi connectivity index (χ4n) is 1.88. The summed E-state index contributed by atoms with van der Waals surface area (Å²) < 4.78 is 10.4. The van der Waals surface area contributed by atoms with Gasteiger partial charge in [0.1, 0.15) is 0 Å². The van der Waals surface area contributed by atoms with E-state index < -0.39 is 12.1 Å². The second-order valence-electron chi connectivity index (χ2n) is 6.27. The molecule has 126 valence electrons. The molecule has 0 spiro atoms. The molecule has 0 radical (unpaired) electrons. The quantitative estimate of drug-likeness (QED) is 0.444. The Bertz CT molecular complexity index is 283. The van der Waals surface area contributed by atoms with Gasteiger partial charge in [-0.1, -0.05) is 13.8 Å². The summed E-state index contributed by atoms with van der Waals surface area (Å²) in [6.45, 7) is 8.02. The van der Waals surface area contributed by atoms with Crippen molar-refractivity contribution in [1.29, 1.82) is 0 Å². The summed E-state index contributed by atoms with van der Waals surface area (Å²) in [5.41, 5.74) is -0.0141. The Morgan fingerprint density at radius 3 is 2.52 bits per heavy atom.